The molecule has 8 heteroatoms. The van der Waals surface area contributed by atoms with Crippen LogP contribution in [0.1, 0.15) is 48.9 Å². The number of nitrogens with one attached hydrogen (secondary N) is 1. The van der Waals surface area contributed by atoms with E-state index in [2.05, 4.69) is 10.2 Å². The lowest BCUT2D eigenvalue weighted by atomic mass is 10.2. The molecule has 0 bridgehead atoms. The van der Waals surface area contributed by atoms with Gasteiger partial charge in [-0.1, -0.05) is 12.8 Å². The van der Waals surface area contributed by atoms with Crippen LogP contribution < -0.4 is 10.1 Å². The topological polar surface area (TPSA) is 79.0 Å². The number of nitrogens with zero attached hydrogens (tertiary/aromatic N) is 2. The Morgan fingerprint density at radius 1 is 1.04 bits per heavy atom. The normalized spacial score (nSPS) is 19.3. The lowest BCUT2D eigenvalue weighted by Gasteiger charge is -2.20. The van der Waals surface area contributed by atoms with Crippen molar-refractivity contribution >= 4 is 15.9 Å². The van der Waals surface area contributed by atoms with Gasteiger partial charge in [-0.3, -0.25) is 4.79 Å². The largest absolute Gasteiger partial charge is 0.496 e. The fourth-order valence-corrected chi connectivity index (χ4v) is 5.43. The molecule has 0 aliphatic carbocycles. The molecule has 28 heavy (non-hydrogen) atoms. The van der Waals surface area contributed by atoms with Crippen molar-refractivity contribution < 1.29 is 17.9 Å². The molecule has 7 nitrogen and oxygen atoms in total. The average molecular weight is 410 g/mol. The number of likely N-dealkylation sites (tertiary alicyclic amines) is 1. The van der Waals surface area contributed by atoms with Gasteiger partial charge >= 0.3 is 0 Å². The molecule has 1 amide bonds. The van der Waals surface area contributed by atoms with Crippen LogP contribution >= 0.6 is 0 Å². The maximum absolute atomic E-state index is 12.8. The Bertz CT molecular complexity index is 768. The van der Waals surface area contributed by atoms with Gasteiger partial charge in [0.05, 0.1) is 17.6 Å². The molecule has 156 valence electrons. The van der Waals surface area contributed by atoms with Crippen LogP contribution in [-0.2, 0) is 10.0 Å². The van der Waals surface area contributed by atoms with Crippen molar-refractivity contribution in [3.8, 4) is 5.75 Å². The van der Waals surface area contributed by atoms with Gasteiger partial charge in [0.1, 0.15) is 5.75 Å². The quantitative estimate of drug-likeness (QED) is 0.746. The van der Waals surface area contributed by atoms with Crippen LogP contribution in [0.3, 0.4) is 0 Å². The molecule has 0 unspecified atom stereocenters. The second kappa shape index (κ2) is 9.71. The standard InChI is InChI=1S/C20H31N3O4S/c1-27-19-9-8-17(28(25,26)23-13-6-7-14-23)16-18(19)20(24)21-10-15-22-11-4-2-3-5-12-22/h8-9,16H,2-7,10-15H2,1H3,(H,21,24). The maximum atomic E-state index is 12.8. The fourth-order valence-electron chi connectivity index (χ4n) is 3.89. The van der Waals surface area contributed by atoms with E-state index in [1.165, 1.54) is 49.2 Å². The number of carbonyl (C=O) groups excluding carboxylic acids is 1. The van der Waals surface area contributed by atoms with Crippen LogP contribution in [0, 0.1) is 0 Å². The first-order chi connectivity index (χ1) is 13.5. The van der Waals surface area contributed by atoms with Gasteiger partial charge in [-0.2, -0.15) is 4.31 Å². The number of methoxy groups -OCH3 is 1. The van der Waals surface area contributed by atoms with E-state index in [0.717, 1.165) is 32.5 Å². The number of sulfonamides is 1. The third-order valence-electron chi connectivity index (χ3n) is 5.53. The Morgan fingerprint density at radius 2 is 1.68 bits per heavy atom. The number of rotatable bonds is 7. The average Bonchev–Trinajstić information content (AvgIpc) is 3.13. The fraction of sp³-hybridized carbons (Fsp3) is 0.650. The molecule has 1 N–H and O–H groups in total. The predicted molar refractivity (Wildman–Crippen MR) is 108 cm³/mol. The van der Waals surface area contributed by atoms with Crippen LogP contribution in [0.5, 0.6) is 5.75 Å². The summed E-state index contributed by atoms with van der Waals surface area (Å²) in [5, 5.41) is 2.92. The van der Waals surface area contributed by atoms with Crippen molar-refractivity contribution in [2.45, 2.75) is 43.4 Å². The zero-order valence-electron chi connectivity index (χ0n) is 16.7. The molecule has 2 saturated heterocycles. The van der Waals surface area contributed by atoms with Crippen LogP contribution in [-0.4, -0.2) is 69.9 Å². The minimum atomic E-state index is -3.57. The van der Waals surface area contributed by atoms with Crippen molar-refractivity contribution in [3.63, 3.8) is 0 Å². The molecular weight excluding hydrogens is 378 g/mol. The van der Waals surface area contributed by atoms with Gasteiger partial charge in [-0.25, -0.2) is 8.42 Å². The first kappa shape index (κ1) is 21.1. The number of carbonyl (C=O) groups is 1. The van der Waals surface area contributed by atoms with Crippen molar-refractivity contribution in [2.24, 2.45) is 0 Å². The Morgan fingerprint density at radius 3 is 2.32 bits per heavy atom. The van der Waals surface area contributed by atoms with E-state index in [1.54, 1.807) is 6.07 Å². The van der Waals surface area contributed by atoms with Crippen molar-refractivity contribution in [1.82, 2.24) is 14.5 Å². The van der Waals surface area contributed by atoms with Gasteiger partial charge in [-0.15, -0.1) is 0 Å². The van der Waals surface area contributed by atoms with E-state index < -0.39 is 10.0 Å². The Kier molecular flexibility index (Phi) is 7.31. The molecule has 2 aliphatic heterocycles. The third kappa shape index (κ3) is 5.04. The summed E-state index contributed by atoms with van der Waals surface area (Å²) in [6.45, 7) is 4.55. The minimum absolute atomic E-state index is 0.146. The van der Waals surface area contributed by atoms with Crippen molar-refractivity contribution in [1.29, 1.82) is 0 Å². The number of hydrogen-bond donors (Lipinski definition) is 1. The lowest BCUT2D eigenvalue weighted by Crippen LogP contribution is -2.35. The molecule has 0 spiro atoms. The zero-order chi connectivity index (χ0) is 20.0. The van der Waals surface area contributed by atoms with E-state index in [4.69, 9.17) is 4.74 Å². The Hall–Kier alpha value is -1.64. The molecule has 0 atom stereocenters. The number of benzene rings is 1. The van der Waals surface area contributed by atoms with Gasteiger partial charge in [0, 0.05) is 26.2 Å². The smallest absolute Gasteiger partial charge is 0.255 e. The van der Waals surface area contributed by atoms with Gasteiger partial charge in [0.15, 0.2) is 0 Å². The molecule has 2 fully saturated rings. The molecule has 2 heterocycles. The third-order valence-corrected chi connectivity index (χ3v) is 7.43. The molecule has 1 aromatic rings. The van der Waals surface area contributed by atoms with Crippen LogP contribution in [0.15, 0.2) is 23.1 Å². The molecule has 0 radical (unpaired) electrons. The predicted octanol–water partition coefficient (Wildman–Crippen LogP) is 2.09. The highest BCUT2D eigenvalue weighted by Gasteiger charge is 2.28. The molecule has 1 aromatic carbocycles. The SMILES string of the molecule is COc1ccc(S(=O)(=O)N2CCCC2)cc1C(=O)NCCN1CCCCCC1. The van der Waals surface area contributed by atoms with Crippen molar-refractivity contribution in [2.75, 3.05) is 46.4 Å². The first-order valence-corrected chi connectivity index (χ1v) is 11.6. The van der Waals surface area contributed by atoms with Gasteiger partial charge in [-0.05, 0) is 57.0 Å². The highest BCUT2D eigenvalue weighted by Crippen LogP contribution is 2.26. The summed E-state index contributed by atoms with van der Waals surface area (Å²) in [6, 6.07) is 4.51. The van der Waals surface area contributed by atoms with E-state index >= 15 is 0 Å². The highest BCUT2D eigenvalue weighted by molar-refractivity contribution is 7.89. The van der Waals surface area contributed by atoms with Gasteiger partial charge < -0.3 is 15.0 Å². The summed E-state index contributed by atoms with van der Waals surface area (Å²) in [4.78, 5) is 15.2. The summed E-state index contributed by atoms with van der Waals surface area (Å²) >= 11 is 0. The summed E-state index contributed by atoms with van der Waals surface area (Å²) < 4.78 is 32.4. The zero-order valence-corrected chi connectivity index (χ0v) is 17.5. The summed E-state index contributed by atoms with van der Waals surface area (Å²) in [7, 11) is -2.09. The maximum Gasteiger partial charge on any atom is 0.255 e. The molecule has 0 saturated carbocycles. The van der Waals surface area contributed by atoms with E-state index in [-0.39, 0.29) is 16.4 Å². The van der Waals surface area contributed by atoms with E-state index in [9.17, 15) is 13.2 Å². The second-order valence-electron chi connectivity index (χ2n) is 7.49. The second-order valence-corrected chi connectivity index (χ2v) is 9.42. The van der Waals surface area contributed by atoms with Crippen LogP contribution in [0.4, 0.5) is 0 Å². The van der Waals surface area contributed by atoms with E-state index in [1.807, 2.05) is 0 Å². The molecule has 0 aromatic heterocycles. The minimum Gasteiger partial charge on any atom is -0.496 e. The number of amides is 1. The summed E-state index contributed by atoms with van der Waals surface area (Å²) in [6.07, 6.45) is 6.71. The van der Waals surface area contributed by atoms with Crippen molar-refractivity contribution in [3.05, 3.63) is 23.8 Å². The summed E-state index contributed by atoms with van der Waals surface area (Å²) in [5.41, 5.74) is 0.263. The number of ether oxygens (including phenoxy) is 1. The molecule has 2 aliphatic rings. The molecule has 3 rings (SSSR count). The van der Waals surface area contributed by atoms with E-state index in [0.29, 0.717) is 25.4 Å². The van der Waals surface area contributed by atoms with Gasteiger partial charge in [0.25, 0.3) is 5.91 Å². The van der Waals surface area contributed by atoms with Gasteiger partial charge in [0.2, 0.25) is 10.0 Å². The first-order valence-electron chi connectivity index (χ1n) is 10.2. The van der Waals surface area contributed by atoms with Crippen LogP contribution in [0.2, 0.25) is 0 Å². The Labute approximate surface area is 168 Å². The summed E-state index contributed by atoms with van der Waals surface area (Å²) in [5.74, 6) is 0.0813. The monoisotopic (exact) mass is 409 g/mol. The lowest BCUT2D eigenvalue weighted by molar-refractivity contribution is 0.0945. The van der Waals surface area contributed by atoms with Crippen LogP contribution in [0.25, 0.3) is 0 Å². The Balaban J connectivity index is 1.68. The number of hydrogen-bond acceptors (Lipinski definition) is 5. The molecular formula is C20H31N3O4S. The highest BCUT2D eigenvalue weighted by atomic mass is 32.2.